The highest BCUT2D eigenvalue weighted by molar-refractivity contribution is 8.25. The average molecular weight is 616 g/mol. The van der Waals surface area contributed by atoms with Crippen molar-refractivity contribution in [1.29, 1.82) is 0 Å². The predicted octanol–water partition coefficient (Wildman–Crippen LogP) is 8.87. The molecule has 0 atom stereocenters. The largest absolute Gasteiger partial charge is 0.327 e. The standard InChI is InChI=1S/C21H63FSi10/c1-23(2,3)29(19,24(4,5)6)32(22,30(20,25(7,8)9)26(10,11)12)31(21,27(13,14)15)28(16,17)18/h1-21H3. The maximum absolute atomic E-state index is 20.4. The summed E-state index contributed by atoms with van der Waals surface area (Å²) in [5.74, 6) is 0. The lowest BCUT2D eigenvalue weighted by atomic mass is 11.8. The lowest BCUT2D eigenvalue weighted by Gasteiger charge is -2.73. The Balaban J connectivity index is 8.69. The highest BCUT2D eigenvalue weighted by Gasteiger charge is 2.85. The lowest BCUT2D eigenvalue weighted by molar-refractivity contribution is 0.864. The zero-order valence-electron chi connectivity index (χ0n) is 26.4. The van der Waals surface area contributed by atoms with Crippen LogP contribution in [0.15, 0.2) is 0 Å². The van der Waals surface area contributed by atoms with Gasteiger partial charge < -0.3 is 4.11 Å². The fraction of sp³-hybridized carbons (Fsp3) is 1.00. The molecule has 194 valence electrons. The molecule has 0 saturated heterocycles. The molecule has 32 heavy (non-hydrogen) atoms. The van der Waals surface area contributed by atoms with Crippen molar-refractivity contribution >= 4 is 72.4 Å². The van der Waals surface area contributed by atoms with Gasteiger partial charge in [-0.15, -0.1) is 0 Å². The summed E-state index contributed by atoms with van der Waals surface area (Å²) >= 11 is 0. The zero-order valence-corrected chi connectivity index (χ0v) is 36.4. The van der Waals surface area contributed by atoms with E-state index in [1.807, 2.05) is 0 Å². The molecule has 0 N–H and O–H groups in total. The monoisotopic (exact) mass is 614 g/mol. The minimum absolute atomic E-state index is 1.67. The van der Waals surface area contributed by atoms with Crippen LogP contribution in [0.1, 0.15) is 0 Å². The van der Waals surface area contributed by atoms with Crippen LogP contribution < -0.4 is 0 Å². The molecule has 0 rings (SSSR count). The fourth-order valence-corrected chi connectivity index (χ4v) is 458. The van der Waals surface area contributed by atoms with Crippen molar-refractivity contribution in [1.82, 2.24) is 0 Å². The summed E-state index contributed by atoms with van der Waals surface area (Å²) in [6.07, 6.45) is 0. The van der Waals surface area contributed by atoms with Gasteiger partial charge >= 0.3 is 0 Å². The highest BCUT2D eigenvalue weighted by atomic mass is 30.4. The molecule has 0 spiro atoms. The summed E-state index contributed by atoms with van der Waals surface area (Å²) in [6.45, 7) is 46.5. The molecule has 0 heterocycles. The molecule has 0 unspecified atom stereocenters. The van der Waals surface area contributed by atoms with Crippen molar-refractivity contribution in [3.05, 3.63) is 0 Å². The van der Waals surface area contributed by atoms with E-state index < -0.39 is 72.4 Å². The minimum atomic E-state index is -3.04. The van der Waals surface area contributed by atoms with Crippen LogP contribution in [0.25, 0.3) is 0 Å². The Kier molecular flexibility index (Phi) is 9.42. The highest BCUT2D eigenvalue weighted by Crippen LogP contribution is 2.55. The van der Waals surface area contributed by atoms with Crippen molar-refractivity contribution in [2.45, 2.75) is 137 Å². The first kappa shape index (κ1) is 34.1. The van der Waals surface area contributed by atoms with Crippen LogP contribution >= 0.6 is 0 Å². The third kappa shape index (κ3) is 4.50. The summed E-state index contributed by atoms with van der Waals surface area (Å²) in [4.78, 5) is 0. The second-order valence-electron chi connectivity index (χ2n) is 17.5. The Morgan fingerprint density at radius 1 is 0.250 bits per heavy atom. The number of hydrogen-bond donors (Lipinski definition) is 0. The molecule has 0 radical (unpaired) electrons. The van der Waals surface area contributed by atoms with Crippen molar-refractivity contribution in [3.63, 3.8) is 0 Å². The summed E-state index contributed by atoms with van der Waals surface area (Å²) in [7, 11) is -10.0. The molecule has 0 aromatic carbocycles. The summed E-state index contributed by atoms with van der Waals surface area (Å²) in [5.41, 5.74) is 0. The molecule has 0 aromatic heterocycles. The van der Waals surface area contributed by atoms with Crippen molar-refractivity contribution in [2.75, 3.05) is 0 Å². The van der Waals surface area contributed by atoms with E-state index in [9.17, 15) is 0 Å². The summed E-state index contributed by atoms with van der Waals surface area (Å²) < 4.78 is 20.4. The number of halogens is 1. The normalized spacial score (nSPS) is 17.1. The Morgan fingerprint density at radius 3 is 0.406 bits per heavy atom. The van der Waals surface area contributed by atoms with Gasteiger partial charge in [-0.2, -0.15) is 0 Å². The quantitative estimate of drug-likeness (QED) is 0.180. The fourth-order valence-electron chi connectivity index (χ4n) is 7.98. The maximum atomic E-state index is 20.4. The third-order valence-electron chi connectivity index (χ3n) is 11.1. The smallest absolute Gasteiger partial charge is 0.196 e. The van der Waals surface area contributed by atoms with Crippen molar-refractivity contribution in [2.24, 2.45) is 0 Å². The van der Waals surface area contributed by atoms with Gasteiger partial charge in [0.05, 0.1) is 19.9 Å². The van der Waals surface area contributed by atoms with Crippen LogP contribution in [0.2, 0.25) is 137 Å². The van der Waals surface area contributed by atoms with Crippen LogP contribution in [-0.2, 0) is 0 Å². The molecule has 11 heteroatoms. The van der Waals surface area contributed by atoms with Crippen LogP contribution in [0.5, 0.6) is 0 Å². The van der Waals surface area contributed by atoms with E-state index in [1.54, 1.807) is 0 Å². The first-order valence-electron chi connectivity index (χ1n) is 12.9. The van der Waals surface area contributed by atoms with Gasteiger partial charge in [-0.25, -0.2) is 0 Å². The third-order valence-corrected chi connectivity index (χ3v) is 253. The van der Waals surface area contributed by atoms with E-state index in [2.05, 4.69) is 137 Å². The van der Waals surface area contributed by atoms with Gasteiger partial charge in [-0.05, 0) is 0 Å². The van der Waals surface area contributed by atoms with Crippen molar-refractivity contribution in [3.8, 4) is 0 Å². The molecule has 0 aromatic rings. The van der Waals surface area contributed by atoms with Gasteiger partial charge in [0.2, 0.25) is 0 Å². The second kappa shape index (κ2) is 8.84. The van der Waals surface area contributed by atoms with Crippen molar-refractivity contribution < 1.29 is 4.11 Å². The summed E-state index contributed by atoms with van der Waals surface area (Å²) in [5, 5.41) is 0. The minimum Gasteiger partial charge on any atom is -0.327 e. The van der Waals surface area contributed by atoms with Crippen LogP contribution in [0.4, 0.5) is 4.11 Å². The first-order valence-corrected chi connectivity index (χ1v) is 52.3. The van der Waals surface area contributed by atoms with Gasteiger partial charge in [0, 0.05) is 45.5 Å². The Morgan fingerprint density at radius 2 is 0.344 bits per heavy atom. The number of hydrogen-bond acceptors (Lipinski definition) is 0. The predicted molar refractivity (Wildman–Crippen MR) is 182 cm³/mol. The Labute approximate surface area is 212 Å². The molecule has 0 saturated carbocycles. The van der Waals surface area contributed by atoms with E-state index in [0.29, 0.717) is 0 Å². The van der Waals surface area contributed by atoms with E-state index in [-0.39, 0.29) is 0 Å². The molecule has 0 aliphatic carbocycles. The van der Waals surface area contributed by atoms with Crippen LogP contribution in [0.3, 0.4) is 0 Å². The molecular formula is C21H63FSi10. The van der Waals surface area contributed by atoms with E-state index in [4.69, 9.17) is 0 Å². The van der Waals surface area contributed by atoms with Gasteiger partial charge in [0.1, 0.15) is 0 Å². The molecule has 0 nitrogen and oxygen atoms in total. The van der Waals surface area contributed by atoms with Gasteiger partial charge in [-0.3, -0.25) is 0 Å². The summed E-state index contributed by atoms with van der Waals surface area (Å²) in [6, 6.07) is 0. The molecule has 0 bridgehead atoms. The van der Waals surface area contributed by atoms with E-state index in [0.717, 1.165) is 0 Å². The molecule has 0 amide bonds. The van der Waals surface area contributed by atoms with Crippen LogP contribution in [0, 0.1) is 0 Å². The second-order valence-corrected chi connectivity index (χ2v) is 131. The molecule has 0 aliphatic rings. The molecule has 0 fully saturated rings. The van der Waals surface area contributed by atoms with Gasteiger partial charge in [-0.1, -0.05) is 137 Å². The SMILES string of the molecule is C[Si](C)(C)[Si](C)([Si](C)(C)C)[Si](F)([Si](C)([Si](C)(C)C)[Si](C)(C)C)[Si](C)([Si](C)(C)C)[Si](C)(C)C. The Hall–Kier alpha value is 2.10. The van der Waals surface area contributed by atoms with Gasteiger partial charge in [0.25, 0.3) is 0 Å². The average Bonchev–Trinajstić information content (AvgIpc) is 2.44. The van der Waals surface area contributed by atoms with E-state index >= 15 is 4.11 Å². The molecular weight excluding hydrogens is 552 g/mol. The zero-order chi connectivity index (χ0) is 27.0. The topological polar surface area (TPSA) is 0 Å². The maximum Gasteiger partial charge on any atom is 0.196 e. The van der Waals surface area contributed by atoms with Crippen LogP contribution in [-0.4, -0.2) is 72.4 Å². The lowest BCUT2D eigenvalue weighted by Crippen LogP contribution is -3.06. The number of rotatable bonds is 9. The Bertz CT molecular complexity index is 543. The van der Waals surface area contributed by atoms with Gasteiger partial charge in [0.15, 0.2) is 6.96 Å². The van der Waals surface area contributed by atoms with E-state index in [1.165, 1.54) is 0 Å². The first-order chi connectivity index (χ1) is 13.2. The molecule has 0 aliphatic heterocycles.